The van der Waals surface area contributed by atoms with Crippen molar-refractivity contribution in [2.75, 3.05) is 0 Å². The van der Waals surface area contributed by atoms with Crippen LogP contribution in [-0.2, 0) is 0 Å². The van der Waals surface area contributed by atoms with E-state index in [-0.39, 0.29) is 0 Å². The van der Waals surface area contributed by atoms with E-state index in [1.807, 2.05) is 0 Å². The first-order chi connectivity index (χ1) is 4.45. The molecule has 0 aromatic rings. The lowest BCUT2D eigenvalue weighted by Gasteiger charge is -2.59. The summed E-state index contributed by atoms with van der Waals surface area (Å²) in [6, 6.07) is 3.64. The van der Waals surface area contributed by atoms with Gasteiger partial charge in [-0.15, -0.1) is 0 Å². The molecule has 2 heteroatoms. The highest BCUT2D eigenvalue weighted by Gasteiger charge is 2.71. The van der Waals surface area contributed by atoms with Crippen molar-refractivity contribution in [1.82, 2.24) is 10.6 Å². The fraction of sp³-hybridized carbons (Fsp3) is 1.00. The Balaban J connectivity index is 1.97. The molecule has 3 saturated heterocycles. The highest BCUT2D eigenvalue weighted by Crippen LogP contribution is 2.57. The van der Waals surface area contributed by atoms with Crippen LogP contribution in [0.5, 0.6) is 0 Å². The minimum absolute atomic E-state index is 0.894. The zero-order valence-electron chi connectivity index (χ0n) is 5.17. The van der Waals surface area contributed by atoms with Crippen LogP contribution in [0.4, 0.5) is 0 Å². The van der Waals surface area contributed by atoms with Gasteiger partial charge in [-0.25, -0.2) is 0 Å². The van der Waals surface area contributed by atoms with E-state index in [9.17, 15) is 0 Å². The maximum Gasteiger partial charge on any atom is 0.0384 e. The summed E-state index contributed by atoms with van der Waals surface area (Å²) in [7, 11) is 0. The van der Waals surface area contributed by atoms with Crippen molar-refractivity contribution < 1.29 is 0 Å². The second-order valence-electron chi connectivity index (χ2n) is 4.00. The van der Waals surface area contributed by atoms with Gasteiger partial charge in [0, 0.05) is 24.2 Å². The number of rotatable bonds is 0. The van der Waals surface area contributed by atoms with Crippen molar-refractivity contribution in [1.29, 1.82) is 0 Å². The number of nitrogens with one attached hydrogen (secondary N) is 2. The Labute approximate surface area is 54.0 Å². The zero-order valence-corrected chi connectivity index (χ0v) is 5.17. The van der Waals surface area contributed by atoms with Crippen LogP contribution in [0.25, 0.3) is 0 Å². The Morgan fingerprint density at radius 2 is 1.44 bits per heavy atom. The van der Waals surface area contributed by atoms with E-state index in [0.717, 1.165) is 36.0 Å². The first-order valence-corrected chi connectivity index (χ1v) is 3.97. The third-order valence-corrected chi connectivity index (χ3v) is 3.93. The number of fused-ring (bicyclic) bond motifs is 2. The Bertz CT molecular complexity index is 142. The van der Waals surface area contributed by atoms with E-state index in [2.05, 4.69) is 10.6 Å². The molecule has 0 radical (unpaired) electrons. The molecule has 1 saturated carbocycles. The van der Waals surface area contributed by atoms with Crippen LogP contribution in [0.3, 0.4) is 0 Å². The lowest BCUT2D eigenvalue weighted by atomic mass is 9.55. The third kappa shape index (κ3) is 0.215. The van der Waals surface area contributed by atoms with Crippen LogP contribution in [0, 0.1) is 11.8 Å². The minimum Gasteiger partial charge on any atom is -0.307 e. The van der Waals surface area contributed by atoms with Crippen LogP contribution in [0.1, 0.15) is 6.42 Å². The van der Waals surface area contributed by atoms with Gasteiger partial charge in [-0.05, 0) is 18.3 Å². The second-order valence-corrected chi connectivity index (χ2v) is 4.00. The van der Waals surface area contributed by atoms with Crippen molar-refractivity contribution in [2.45, 2.75) is 30.6 Å². The van der Waals surface area contributed by atoms with Gasteiger partial charge < -0.3 is 10.6 Å². The quantitative estimate of drug-likeness (QED) is 0.444. The summed E-state index contributed by atoms with van der Waals surface area (Å²) in [5.41, 5.74) is 0. The monoisotopic (exact) mass is 122 g/mol. The highest BCUT2D eigenvalue weighted by atomic mass is 15.3. The van der Waals surface area contributed by atoms with Crippen molar-refractivity contribution >= 4 is 0 Å². The average molecular weight is 122 g/mol. The average Bonchev–Trinajstić information content (AvgIpc) is 2.14. The topological polar surface area (TPSA) is 24.1 Å². The van der Waals surface area contributed by atoms with E-state index >= 15 is 0 Å². The van der Waals surface area contributed by atoms with Crippen molar-refractivity contribution in [2.24, 2.45) is 11.8 Å². The molecule has 0 aromatic carbocycles. The predicted molar refractivity (Wildman–Crippen MR) is 33.0 cm³/mol. The van der Waals surface area contributed by atoms with Crippen molar-refractivity contribution in [3.8, 4) is 0 Å². The maximum absolute atomic E-state index is 3.66. The molecule has 0 aromatic heterocycles. The number of hydrogen-bond donors (Lipinski definition) is 2. The van der Waals surface area contributed by atoms with Crippen LogP contribution < -0.4 is 10.6 Å². The molecule has 4 fully saturated rings. The molecule has 3 heterocycles. The van der Waals surface area contributed by atoms with Gasteiger partial charge in [-0.1, -0.05) is 0 Å². The largest absolute Gasteiger partial charge is 0.307 e. The first kappa shape index (κ1) is 3.94. The molecule has 2 N–H and O–H groups in total. The summed E-state index contributed by atoms with van der Waals surface area (Å²) >= 11 is 0. The summed E-state index contributed by atoms with van der Waals surface area (Å²) in [5, 5.41) is 7.27. The van der Waals surface area contributed by atoms with E-state index < -0.39 is 0 Å². The summed E-state index contributed by atoms with van der Waals surface area (Å²) in [4.78, 5) is 0. The molecule has 2 nitrogen and oxygen atoms in total. The standard InChI is InChI=1S/C7H10N2/c1-2-4-3(1)6-7(8-4)5(2)9-6/h2-9H,1H2. The van der Waals surface area contributed by atoms with Crippen LogP contribution in [-0.4, -0.2) is 24.2 Å². The molecule has 0 amide bonds. The van der Waals surface area contributed by atoms with Crippen LogP contribution >= 0.6 is 0 Å². The second kappa shape index (κ2) is 0.867. The fourth-order valence-electron chi connectivity index (χ4n) is 3.46. The molecule has 9 heavy (non-hydrogen) atoms. The van der Waals surface area contributed by atoms with Crippen molar-refractivity contribution in [3.05, 3.63) is 0 Å². The van der Waals surface area contributed by atoms with E-state index in [0.29, 0.717) is 0 Å². The Morgan fingerprint density at radius 3 is 1.78 bits per heavy atom. The lowest BCUT2D eigenvalue weighted by Crippen LogP contribution is -2.76. The molecule has 3 aliphatic heterocycles. The molecule has 4 atom stereocenters. The minimum atomic E-state index is 0.894. The van der Waals surface area contributed by atoms with Gasteiger partial charge in [-0.2, -0.15) is 0 Å². The van der Waals surface area contributed by atoms with Gasteiger partial charge in [0.05, 0.1) is 0 Å². The van der Waals surface area contributed by atoms with Gasteiger partial charge in [-0.3, -0.25) is 0 Å². The molecule has 4 aliphatic rings. The van der Waals surface area contributed by atoms with Crippen molar-refractivity contribution in [3.63, 3.8) is 0 Å². The molecule has 0 spiro atoms. The van der Waals surface area contributed by atoms with Gasteiger partial charge in [0.1, 0.15) is 0 Å². The molecule has 2 bridgehead atoms. The van der Waals surface area contributed by atoms with Gasteiger partial charge in [0.25, 0.3) is 0 Å². The third-order valence-electron chi connectivity index (χ3n) is 3.93. The summed E-state index contributed by atoms with van der Waals surface area (Å²) in [6.45, 7) is 0. The first-order valence-electron chi connectivity index (χ1n) is 3.97. The van der Waals surface area contributed by atoms with Gasteiger partial charge in [0.15, 0.2) is 0 Å². The molecule has 1 aliphatic carbocycles. The van der Waals surface area contributed by atoms with Gasteiger partial charge in [0.2, 0.25) is 0 Å². The van der Waals surface area contributed by atoms with E-state index in [1.165, 1.54) is 6.42 Å². The molecule has 4 rings (SSSR count). The molecule has 4 unspecified atom stereocenters. The molecular weight excluding hydrogens is 112 g/mol. The smallest absolute Gasteiger partial charge is 0.0384 e. The van der Waals surface area contributed by atoms with E-state index in [4.69, 9.17) is 0 Å². The van der Waals surface area contributed by atoms with Crippen LogP contribution in [0.2, 0.25) is 0 Å². The number of piperidine rings is 2. The fourth-order valence-corrected chi connectivity index (χ4v) is 3.46. The molecule has 48 valence electrons. The normalized spacial score (nSPS) is 80.0. The Kier molecular flexibility index (Phi) is 0.379. The SMILES string of the molecule is C1C2C3NC4C2NC4C13. The zero-order chi connectivity index (χ0) is 5.59. The lowest BCUT2D eigenvalue weighted by molar-refractivity contribution is -0.00752. The predicted octanol–water partition coefficient (Wildman–Crippen LogP) is -0.683. The summed E-state index contributed by atoms with van der Waals surface area (Å²) in [6.07, 6.45) is 1.52. The van der Waals surface area contributed by atoms with Gasteiger partial charge >= 0.3 is 0 Å². The number of hydrogen-bond acceptors (Lipinski definition) is 2. The highest BCUT2D eigenvalue weighted by molar-refractivity contribution is 5.31. The van der Waals surface area contributed by atoms with Crippen LogP contribution in [0.15, 0.2) is 0 Å². The Hall–Kier alpha value is -0.0800. The maximum atomic E-state index is 3.66. The van der Waals surface area contributed by atoms with E-state index in [1.54, 1.807) is 0 Å². The Morgan fingerprint density at radius 1 is 0.778 bits per heavy atom. The summed E-state index contributed by atoms with van der Waals surface area (Å²) < 4.78 is 0. The summed E-state index contributed by atoms with van der Waals surface area (Å²) in [5.74, 6) is 2.06. The molecular formula is C7H10N2.